The third-order valence-corrected chi connectivity index (χ3v) is 7.25. The van der Waals surface area contributed by atoms with Crippen molar-refractivity contribution in [3.8, 4) is 0 Å². The molecule has 1 heterocycles. The Bertz CT molecular complexity index is 725. The molecule has 2 rings (SSSR count). The van der Waals surface area contributed by atoms with Gasteiger partial charge in [0.15, 0.2) is 0 Å². The van der Waals surface area contributed by atoms with Crippen LogP contribution >= 0.6 is 0 Å². The van der Waals surface area contributed by atoms with Gasteiger partial charge in [0, 0.05) is 32.6 Å². The molecule has 2 N–H and O–H groups in total. The van der Waals surface area contributed by atoms with E-state index in [1.165, 1.54) is 4.31 Å². The Balaban J connectivity index is 2.20. The topological polar surface area (TPSA) is 83.7 Å². The second-order valence-corrected chi connectivity index (χ2v) is 8.64. The van der Waals surface area contributed by atoms with Crippen LogP contribution in [0.25, 0.3) is 0 Å². The lowest BCUT2D eigenvalue weighted by Crippen LogP contribution is -2.50. The number of hydrogen-bond acceptors (Lipinski definition) is 4. The van der Waals surface area contributed by atoms with Crippen LogP contribution in [-0.2, 0) is 14.8 Å². The van der Waals surface area contributed by atoms with Gasteiger partial charge in [-0.3, -0.25) is 4.79 Å². The maximum atomic E-state index is 13.2. The molecule has 7 heteroatoms. The molecule has 0 saturated carbocycles. The number of hydrogen-bond donors (Lipinski definition) is 1. The van der Waals surface area contributed by atoms with E-state index >= 15 is 0 Å². The number of benzene rings is 1. The summed E-state index contributed by atoms with van der Waals surface area (Å²) >= 11 is 0. The predicted octanol–water partition coefficient (Wildman–Crippen LogP) is 1.49. The van der Waals surface area contributed by atoms with E-state index in [1.807, 2.05) is 33.8 Å². The maximum absolute atomic E-state index is 13.2. The molecule has 0 unspecified atom stereocenters. The standard InChI is InChI=1S/C18H29N3O3S/c1-13-12-14(2)16(4)18(15(13)3)25(23,24)21-10-8-20(9-11-21)17(22)6-5-7-19/h12H,5-11,19H2,1-4H3. The van der Waals surface area contributed by atoms with Crippen molar-refractivity contribution in [1.29, 1.82) is 0 Å². The van der Waals surface area contributed by atoms with Crippen molar-refractivity contribution in [1.82, 2.24) is 9.21 Å². The molecule has 140 valence electrons. The molecule has 0 atom stereocenters. The molecule has 0 radical (unpaired) electrons. The second kappa shape index (κ2) is 7.85. The van der Waals surface area contributed by atoms with Gasteiger partial charge in [-0.15, -0.1) is 0 Å². The number of nitrogens with two attached hydrogens (primary N) is 1. The number of rotatable bonds is 5. The van der Waals surface area contributed by atoms with Crippen LogP contribution in [0.2, 0.25) is 0 Å². The second-order valence-electron chi connectivity index (χ2n) is 6.77. The van der Waals surface area contributed by atoms with Gasteiger partial charge in [0.25, 0.3) is 0 Å². The molecule has 0 aromatic heterocycles. The number of sulfonamides is 1. The molecule has 1 amide bonds. The maximum Gasteiger partial charge on any atom is 0.243 e. The van der Waals surface area contributed by atoms with Crippen LogP contribution in [0.5, 0.6) is 0 Å². The fourth-order valence-electron chi connectivity index (χ4n) is 3.29. The minimum absolute atomic E-state index is 0.0567. The smallest absolute Gasteiger partial charge is 0.243 e. The van der Waals surface area contributed by atoms with E-state index in [1.54, 1.807) is 4.90 Å². The van der Waals surface area contributed by atoms with Gasteiger partial charge in [-0.1, -0.05) is 6.07 Å². The summed E-state index contributed by atoms with van der Waals surface area (Å²) in [7, 11) is -3.56. The fourth-order valence-corrected chi connectivity index (χ4v) is 5.28. The summed E-state index contributed by atoms with van der Waals surface area (Å²) in [4.78, 5) is 14.2. The van der Waals surface area contributed by atoms with Crippen LogP contribution in [-0.4, -0.2) is 56.3 Å². The first-order valence-corrected chi connectivity index (χ1v) is 10.2. The molecular formula is C18H29N3O3S. The van der Waals surface area contributed by atoms with Gasteiger partial charge in [0.2, 0.25) is 15.9 Å². The van der Waals surface area contributed by atoms with Gasteiger partial charge in [0.05, 0.1) is 4.90 Å². The average Bonchev–Trinajstić information content (AvgIpc) is 2.58. The van der Waals surface area contributed by atoms with Crippen molar-refractivity contribution < 1.29 is 13.2 Å². The van der Waals surface area contributed by atoms with Crippen molar-refractivity contribution in [2.45, 2.75) is 45.4 Å². The van der Waals surface area contributed by atoms with Crippen LogP contribution in [0.4, 0.5) is 0 Å². The van der Waals surface area contributed by atoms with E-state index in [4.69, 9.17) is 5.73 Å². The number of nitrogens with zero attached hydrogens (tertiary/aromatic N) is 2. The number of carbonyl (C=O) groups is 1. The third kappa shape index (κ3) is 4.04. The van der Waals surface area contributed by atoms with Gasteiger partial charge in [-0.25, -0.2) is 8.42 Å². The fraction of sp³-hybridized carbons (Fsp3) is 0.611. The van der Waals surface area contributed by atoms with Crippen LogP contribution in [0.1, 0.15) is 35.1 Å². The summed E-state index contributed by atoms with van der Waals surface area (Å²) in [6, 6.07) is 2.03. The summed E-state index contributed by atoms with van der Waals surface area (Å²) in [5.74, 6) is 0.0567. The van der Waals surface area contributed by atoms with E-state index < -0.39 is 10.0 Å². The Morgan fingerprint density at radius 2 is 1.56 bits per heavy atom. The lowest BCUT2D eigenvalue weighted by Gasteiger charge is -2.35. The Morgan fingerprint density at radius 3 is 2.04 bits per heavy atom. The molecule has 1 aromatic rings. The molecule has 0 bridgehead atoms. The zero-order valence-electron chi connectivity index (χ0n) is 15.6. The van der Waals surface area contributed by atoms with E-state index in [0.717, 1.165) is 22.3 Å². The average molecular weight is 368 g/mol. The van der Waals surface area contributed by atoms with Gasteiger partial charge >= 0.3 is 0 Å². The van der Waals surface area contributed by atoms with Crippen molar-refractivity contribution in [2.75, 3.05) is 32.7 Å². The number of piperazine rings is 1. The Hall–Kier alpha value is -1.44. The number of amides is 1. The van der Waals surface area contributed by atoms with E-state index in [9.17, 15) is 13.2 Å². The van der Waals surface area contributed by atoms with E-state index in [0.29, 0.717) is 50.5 Å². The van der Waals surface area contributed by atoms with Crippen LogP contribution in [0.3, 0.4) is 0 Å². The highest BCUT2D eigenvalue weighted by Gasteiger charge is 2.32. The highest BCUT2D eigenvalue weighted by atomic mass is 32.2. The Labute approximate surface area is 151 Å². The highest BCUT2D eigenvalue weighted by Crippen LogP contribution is 2.29. The number of carbonyl (C=O) groups excluding carboxylic acids is 1. The Morgan fingerprint density at radius 1 is 1.04 bits per heavy atom. The van der Waals surface area contributed by atoms with Gasteiger partial charge < -0.3 is 10.6 Å². The van der Waals surface area contributed by atoms with Gasteiger partial charge in [-0.05, 0) is 62.9 Å². The molecular weight excluding hydrogens is 338 g/mol. The summed E-state index contributed by atoms with van der Waals surface area (Å²) in [6.07, 6.45) is 1.09. The monoisotopic (exact) mass is 367 g/mol. The molecule has 1 fully saturated rings. The summed E-state index contributed by atoms with van der Waals surface area (Å²) in [5, 5.41) is 0. The van der Waals surface area contributed by atoms with E-state index in [2.05, 4.69) is 0 Å². The van der Waals surface area contributed by atoms with Gasteiger partial charge in [0.1, 0.15) is 0 Å². The summed E-state index contributed by atoms with van der Waals surface area (Å²) < 4.78 is 27.9. The van der Waals surface area contributed by atoms with Gasteiger partial charge in [-0.2, -0.15) is 4.31 Å². The summed E-state index contributed by atoms with van der Waals surface area (Å²) in [6.45, 7) is 9.64. The first-order chi connectivity index (χ1) is 11.7. The normalized spacial score (nSPS) is 16.3. The minimum Gasteiger partial charge on any atom is -0.340 e. The van der Waals surface area contributed by atoms with Crippen LogP contribution in [0, 0.1) is 27.7 Å². The first-order valence-electron chi connectivity index (χ1n) is 8.75. The summed E-state index contributed by atoms with van der Waals surface area (Å²) in [5.41, 5.74) is 9.03. The van der Waals surface area contributed by atoms with Crippen molar-refractivity contribution in [3.05, 3.63) is 28.3 Å². The van der Waals surface area contributed by atoms with Crippen molar-refractivity contribution in [2.24, 2.45) is 5.73 Å². The molecule has 0 spiro atoms. The lowest BCUT2D eigenvalue weighted by atomic mass is 10.0. The lowest BCUT2D eigenvalue weighted by molar-refractivity contribution is -0.132. The van der Waals surface area contributed by atoms with Crippen LogP contribution in [0.15, 0.2) is 11.0 Å². The molecule has 1 aromatic carbocycles. The largest absolute Gasteiger partial charge is 0.340 e. The molecule has 1 saturated heterocycles. The van der Waals surface area contributed by atoms with Crippen LogP contribution < -0.4 is 5.73 Å². The highest BCUT2D eigenvalue weighted by molar-refractivity contribution is 7.89. The zero-order chi connectivity index (χ0) is 18.8. The Kier molecular flexibility index (Phi) is 6.24. The number of aryl methyl sites for hydroxylation is 2. The molecule has 25 heavy (non-hydrogen) atoms. The third-order valence-electron chi connectivity index (χ3n) is 5.08. The SMILES string of the molecule is Cc1cc(C)c(C)c(S(=O)(=O)N2CCN(C(=O)CCCN)CC2)c1C. The van der Waals surface area contributed by atoms with E-state index in [-0.39, 0.29) is 5.91 Å². The predicted molar refractivity (Wildman–Crippen MR) is 99.0 cm³/mol. The van der Waals surface area contributed by atoms with Crippen molar-refractivity contribution in [3.63, 3.8) is 0 Å². The molecule has 1 aliphatic rings. The quantitative estimate of drug-likeness (QED) is 0.855. The molecule has 1 aliphatic heterocycles. The molecule has 6 nitrogen and oxygen atoms in total. The minimum atomic E-state index is -3.56. The first kappa shape index (κ1) is 19.9. The zero-order valence-corrected chi connectivity index (χ0v) is 16.4. The van der Waals surface area contributed by atoms with Crippen molar-refractivity contribution >= 4 is 15.9 Å². The molecule has 0 aliphatic carbocycles.